The molecule has 4 amide bonds. The molecule has 10 nitrogen and oxygen atoms in total. The van der Waals surface area contributed by atoms with E-state index in [1.54, 1.807) is 18.9 Å². The zero-order valence-corrected chi connectivity index (χ0v) is 19.7. The number of ether oxygens (including phenoxy) is 1. The largest absolute Gasteiger partial charge is 0.450 e. The van der Waals surface area contributed by atoms with Gasteiger partial charge in [0.05, 0.1) is 6.61 Å². The summed E-state index contributed by atoms with van der Waals surface area (Å²) in [7, 11) is 3.17. The molecular formula is C23H31N6O4+. The number of amidine groups is 2. The standard InChI is InChI=1S/C23H31N6O4/c1-5-33-23(32)28-11-9-27(10-12-28)15-18-24-20-19(21(30)26(4)22(31)25(20)3)29(18)14-17-8-6-7-16(2)13-17/h6-8,13,19H,5,9-12,14-15H2,1-4H3/q+1. The molecule has 2 saturated heterocycles. The number of hydrogen-bond donors (Lipinski definition) is 0. The average Bonchev–Trinajstić information content (AvgIpc) is 3.15. The van der Waals surface area contributed by atoms with Crippen LogP contribution in [0.5, 0.6) is 0 Å². The molecule has 1 aromatic rings. The van der Waals surface area contributed by atoms with Crippen molar-refractivity contribution in [2.24, 2.45) is 4.99 Å². The number of carbonyl (C=O) groups is 3. The van der Waals surface area contributed by atoms with Gasteiger partial charge < -0.3 is 9.64 Å². The van der Waals surface area contributed by atoms with Gasteiger partial charge in [-0.25, -0.2) is 14.2 Å². The molecule has 1 unspecified atom stereocenters. The minimum absolute atomic E-state index is 0.272. The first-order valence-electron chi connectivity index (χ1n) is 11.3. The third-order valence-corrected chi connectivity index (χ3v) is 6.31. The van der Waals surface area contributed by atoms with Gasteiger partial charge in [0.25, 0.3) is 17.8 Å². The number of fused-ring (bicyclic) bond motifs is 1. The van der Waals surface area contributed by atoms with Crippen molar-refractivity contribution in [3.8, 4) is 0 Å². The van der Waals surface area contributed by atoms with Crippen LogP contribution in [0.25, 0.3) is 0 Å². The predicted octanol–water partition coefficient (Wildman–Crippen LogP) is 0.985. The molecule has 2 fully saturated rings. The molecule has 0 aliphatic carbocycles. The number of rotatable bonds is 5. The fourth-order valence-corrected chi connectivity index (χ4v) is 4.47. The second-order valence-corrected chi connectivity index (χ2v) is 8.61. The summed E-state index contributed by atoms with van der Waals surface area (Å²) in [6.07, 6.45) is -0.285. The molecule has 176 valence electrons. The molecule has 3 aliphatic heterocycles. The molecule has 0 spiro atoms. The number of amides is 4. The highest BCUT2D eigenvalue weighted by Crippen LogP contribution is 2.21. The number of imide groups is 1. The Kier molecular flexibility index (Phi) is 6.46. The van der Waals surface area contributed by atoms with Crippen molar-refractivity contribution in [2.45, 2.75) is 26.4 Å². The number of aliphatic imine (C=N–C) groups is 1. The van der Waals surface area contributed by atoms with Crippen LogP contribution in [0.3, 0.4) is 0 Å². The Morgan fingerprint density at radius 1 is 1.15 bits per heavy atom. The van der Waals surface area contributed by atoms with E-state index in [-0.39, 0.29) is 18.0 Å². The number of likely N-dealkylation sites (N-methyl/N-ethyl adjacent to an activating group) is 2. The van der Waals surface area contributed by atoms with E-state index in [4.69, 9.17) is 9.73 Å². The molecule has 33 heavy (non-hydrogen) atoms. The van der Waals surface area contributed by atoms with Crippen LogP contribution >= 0.6 is 0 Å². The van der Waals surface area contributed by atoms with Gasteiger partial charge in [-0.2, -0.15) is 0 Å². The van der Waals surface area contributed by atoms with Gasteiger partial charge in [0.15, 0.2) is 0 Å². The fraction of sp³-hybridized carbons (Fsp3) is 0.522. The summed E-state index contributed by atoms with van der Waals surface area (Å²) in [4.78, 5) is 48.9. The molecule has 1 aromatic carbocycles. The molecule has 3 heterocycles. The lowest BCUT2D eigenvalue weighted by atomic mass is 10.1. The zero-order chi connectivity index (χ0) is 23.7. The molecule has 0 saturated carbocycles. The number of aryl methyl sites for hydroxylation is 1. The van der Waals surface area contributed by atoms with Crippen LogP contribution in [-0.4, -0.2) is 113 Å². The van der Waals surface area contributed by atoms with E-state index in [0.29, 0.717) is 51.7 Å². The number of nitrogens with zero attached hydrogens (tertiary/aromatic N) is 6. The van der Waals surface area contributed by atoms with Crippen molar-refractivity contribution in [3.63, 3.8) is 0 Å². The number of carbonyl (C=O) groups excluding carboxylic acids is 3. The summed E-state index contributed by atoms with van der Waals surface area (Å²) in [6, 6.07) is 7.16. The molecular weight excluding hydrogens is 424 g/mol. The van der Waals surface area contributed by atoms with Gasteiger partial charge in [0.2, 0.25) is 0 Å². The summed E-state index contributed by atoms with van der Waals surface area (Å²) >= 11 is 0. The highest BCUT2D eigenvalue weighted by Gasteiger charge is 2.53. The van der Waals surface area contributed by atoms with E-state index in [2.05, 4.69) is 11.0 Å². The monoisotopic (exact) mass is 455 g/mol. The van der Waals surface area contributed by atoms with E-state index in [1.807, 2.05) is 29.7 Å². The number of hydrogen-bond acceptors (Lipinski definition) is 6. The fourth-order valence-electron chi connectivity index (χ4n) is 4.47. The smallest absolute Gasteiger partial charge is 0.409 e. The van der Waals surface area contributed by atoms with Crippen molar-refractivity contribution in [2.75, 3.05) is 53.4 Å². The highest BCUT2D eigenvalue weighted by atomic mass is 16.6. The summed E-state index contributed by atoms with van der Waals surface area (Å²) in [5, 5.41) is 0. The maximum absolute atomic E-state index is 13.1. The summed E-state index contributed by atoms with van der Waals surface area (Å²) in [5.74, 6) is 0.951. The summed E-state index contributed by atoms with van der Waals surface area (Å²) in [6.45, 7) is 7.74. The minimum Gasteiger partial charge on any atom is -0.450 e. The predicted molar refractivity (Wildman–Crippen MR) is 122 cm³/mol. The third kappa shape index (κ3) is 4.47. The van der Waals surface area contributed by atoms with Gasteiger partial charge in [-0.15, -0.1) is 0 Å². The van der Waals surface area contributed by atoms with Crippen LogP contribution in [0.4, 0.5) is 9.59 Å². The Morgan fingerprint density at radius 3 is 2.55 bits per heavy atom. The lowest BCUT2D eigenvalue weighted by molar-refractivity contribution is -0.552. The first-order chi connectivity index (χ1) is 15.8. The van der Waals surface area contributed by atoms with Gasteiger partial charge in [-0.3, -0.25) is 19.5 Å². The van der Waals surface area contributed by atoms with Crippen LogP contribution in [-0.2, 0) is 16.1 Å². The summed E-state index contributed by atoms with van der Waals surface area (Å²) in [5.41, 5.74) is 2.22. The molecule has 3 aliphatic rings. The Labute approximate surface area is 193 Å². The van der Waals surface area contributed by atoms with Crippen LogP contribution in [0, 0.1) is 6.92 Å². The van der Waals surface area contributed by atoms with E-state index < -0.39 is 6.04 Å². The minimum atomic E-state index is -0.631. The van der Waals surface area contributed by atoms with Crippen molar-refractivity contribution in [3.05, 3.63) is 35.4 Å². The van der Waals surface area contributed by atoms with Crippen molar-refractivity contribution < 1.29 is 23.7 Å². The van der Waals surface area contributed by atoms with Gasteiger partial charge in [0, 0.05) is 40.3 Å². The van der Waals surface area contributed by atoms with Crippen LogP contribution in [0.1, 0.15) is 18.1 Å². The maximum atomic E-state index is 13.1. The van der Waals surface area contributed by atoms with Gasteiger partial charge in [-0.05, 0) is 24.4 Å². The molecule has 0 radical (unpaired) electrons. The second-order valence-electron chi connectivity index (χ2n) is 8.61. The van der Waals surface area contributed by atoms with E-state index in [0.717, 1.165) is 21.9 Å². The molecule has 10 heteroatoms. The van der Waals surface area contributed by atoms with Gasteiger partial charge in [-0.1, -0.05) is 29.8 Å². The Bertz CT molecular complexity index is 1030. The highest BCUT2D eigenvalue weighted by molar-refractivity contribution is 6.23. The summed E-state index contributed by atoms with van der Waals surface area (Å²) < 4.78 is 7.11. The number of piperazine rings is 1. The van der Waals surface area contributed by atoms with Crippen molar-refractivity contribution >= 4 is 29.7 Å². The SMILES string of the molecule is CCOC(=O)N1CCN(CC2=[N+](Cc3cccc(C)c3)C3C(=O)N(C)C(=O)N(C)C3=N2)CC1. The lowest BCUT2D eigenvalue weighted by Crippen LogP contribution is -2.61. The Balaban J connectivity index is 1.59. The number of benzene rings is 1. The molecule has 4 rings (SSSR count). The Morgan fingerprint density at radius 2 is 1.88 bits per heavy atom. The Hall–Kier alpha value is -3.27. The topological polar surface area (TPSA) is 88.8 Å². The van der Waals surface area contributed by atoms with Crippen LogP contribution in [0.15, 0.2) is 29.3 Å². The second kappa shape index (κ2) is 9.30. The van der Waals surface area contributed by atoms with Crippen molar-refractivity contribution in [1.29, 1.82) is 0 Å². The zero-order valence-electron chi connectivity index (χ0n) is 19.7. The normalized spacial score (nSPS) is 21.5. The quantitative estimate of drug-likeness (QED) is 0.618. The van der Waals surface area contributed by atoms with Crippen LogP contribution < -0.4 is 0 Å². The molecule has 1 atom stereocenters. The molecule has 0 N–H and O–H groups in total. The van der Waals surface area contributed by atoms with E-state index in [9.17, 15) is 14.4 Å². The van der Waals surface area contributed by atoms with Gasteiger partial charge >= 0.3 is 18.0 Å². The first-order valence-corrected chi connectivity index (χ1v) is 11.3. The van der Waals surface area contributed by atoms with E-state index >= 15 is 0 Å². The first kappa shape index (κ1) is 22.9. The van der Waals surface area contributed by atoms with Gasteiger partial charge in [0.1, 0.15) is 13.1 Å². The van der Waals surface area contributed by atoms with Crippen molar-refractivity contribution in [1.82, 2.24) is 19.6 Å². The molecule has 0 bridgehead atoms. The lowest BCUT2D eigenvalue weighted by Gasteiger charge is -2.33. The van der Waals surface area contributed by atoms with E-state index in [1.165, 1.54) is 11.9 Å². The number of urea groups is 1. The molecule has 0 aromatic heterocycles. The average molecular weight is 456 g/mol. The maximum Gasteiger partial charge on any atom is 0.409 e. The third-order valence-electron chi connectivity index (χ3n) is 6.31. The van der Waals surface area contributed by atoms with Crippen LogP contribution in [0.2, 0.25) is 0 Å².